The molecule has 4 nitrogen and oxygen atoms in total. The molecule has 3 aromatic rings. The number of ether oxygens (including phenoxy) is 2. The molecule has 3 aromatic carbocycles. The largest absolute Gasteiger partial charge is 0.497 e. The smallest absolute Gasteiger partial charge is 0.336 e. The molecule has 0 saturated heterocycles. The lowest BCUT2D eigenvalue weighted by molar-refractivity contribution is -0.138. The molecule has 0 aromatic heterocycles. The van der Waals surface area contributed by atoms with Crippen LogP contribution in [0.1, 0.15) is 43.4 Å². The summed E-state index contributed by atoms with van der Waals surface area (Å²) in [6.45, 7) is 8.32. The summed E-state index contributed by atoms with van der Waals surface area (Å²) in [5, 5.41) is 2.50. The van der Waals surface area contributed by atoms with E-state index in [9.17, 15) is 4.79 Å². The van der Waals surface area contributed by atoms with Gasteiger partial charge in [0.1, 0.15) is 5.75 Å². The molecule has 1 aliphatic carbocycles. The van der Waals surface area contributed by atoms with Crippen molar-refractivity contribution in [3.8, 4) is 5.75 Å². The second-order valence-corrected chi connectivity index (χ2v) is 9.49. The molecule has 0 saturated carbocycles. The minimum atomic E-state index is -0.308. The fourth-order valence-electron chi connectivity index (χ4n) is 5.30. The van der Waals surface area contributed by atoms with E-state index in [0.717, 1.165) is 29.0 Å². The van der Waals surface area contributed by atoms with E-state index in [-0.39, 0.29) is 11.9 Å². The molecule has 1 atom stereocenters. The Balaban J connectivity index is 1.56. The fourth-order valence-corrected chi connectivity index (χ4v) is 5.30. The summed E-state index contributed by atoms with van der Waals surface area (Å²) < 4.78 is 10.8. The molecule has 0 N–H and O–H groups in total. The van der Waals surface area contributed by atoms with Gasteiger partial charge in [-0.15, -0.1) is 0 Å². The molecule has 4 heteroatoms. The van der Waals surface area contributed by atoms with Gasteiger partial charge in [0.15, 0.2) is 0 Å². The predicted molar refractivity (Wildman–Crippen MR) is 146 cm³/mol. The average Bonchev–Trinajstić information content (AvgIpc) is 3.17. The van der Waals surface area contributed by atoms with Crippen molar-refractivity contribution in [1.82, 2.24) is 0 Å². The number of carbonyl (C=O) groups is 1. The zero-order valence-corrected chi connectivity index (χ0v) is 21.5. The number of aryl methyl sites for hydroxylation is 1. The van der Waals surface area contributed by atoms with E-state index in [1.54, 1.807) is 7.11 Å². The minimum Gasteiger partial charge on any atom is -0.497 e. The molecule has 1 heterocycles. The number of carbonyl (C=O) groups excluding carboxylic acids is 1. The number of esters is 1. The summed E-state index contributed by atoms with van der Waals surface area (Å²) in [6, 6.07) is 21.2. The van der Waals surface area contributed by atoms with Crippen LogP contribution in [0, 0.1) is 6.92 Å². The number of fused-ring (bicyclic) bond motifs is 2. The zero-order valence-electron chi connectivity index (χ0n) is 21.5. The Labute approximate surface area is 212 Å². The van der Waals surface area contributed by atoms with Gasteiger partial charge < -0.3 is 9.47 Å². The Hall–Kier alpha value is -3.92. The van der Waals surface area contributed by atoms with E-state index in [2.05, 4.69) is 56.3 Å². The maximum absolute atomic E-state index is 13.1. The van der Waals surface area contributed by atoms with E-state index < -0.39 is 0 Å². The van der Waals surface area contributed by atoms with Gasteiger partial charge in [-0.2, -0.15) is 0 Å². The molecule has 182 valence electrons. The van der Waals surface area contributed by atoms with Gasteiger partial charge in [-0.05, 0) is 90.9 Å². The van der Waals surface area contributed by atoms with E-state index in [1.165, 1.54) is 33.0 Å². The molecule has 0 bridgehead atoms. The van der Waals surface area contributed by atoms with Crippen LogP contribution in [0.4, 0.5) is 0 Å². The van der Waals surface area contributed by atoms with Crippen molar-refractivity contribution in [3.05, 3.63) is 111 Å². The standard InChI is InChI=1S/C32H31NO3/c1-6-36-32(34)30-21(4)33-28-18-26(17-22-8-10-24-15-19(2)7-9-25(24)16-22)20(3)29(28)31(30)23-11-13-27(35-5)14-12-23/h7-16,18,31H,6,17H2,1-5H3. The van der Waals surface area contributed by atoms with Crippen molar-refractivity contribution in [3.63, 3.8) is 0 Å². The van der Waals surface area contributed by atoms with Gasteiger partial charge in [0.25, 0.3) is 0 Å². The van der Waals surface area contributed by atoms with Gasteiger partial charge in [-0.1, -0.05) is 54.1 Å². The van der Waals surface area contributed by atoms with Gasteiger partial charge in [-0.3, -0.25) is 4.99 Å². The molecular formula is C32H31NO3. The third-order valence-corrected chi connectivity index (χ3v) is 7.13. The Morgan fingerprint density at radius 3 is 2.39 bits per heavy atom. The van der Waals surface area contributed by atoms with Gasteiger partial charge in [0.05, 0.1) is 25.0 Å². The summed E-state index contributed by atoms with van der Waals surface area (Å²) in [5.41, 5.74) is 9.28. The Bertz CT molecular complexity index is 1490. The number of methoxy groups -OCH3 is 1. The van der Waals surface area contributed by atoms with E-state index >= 15 is 0 Å². The average molecular weight is 478 g/mol. The van der Waals surface area contributed by atoms with Crippen molar-refractivity contribution < 1.29 is 14.3 Å². The molecule has 0 spiro atoms. The van der Waals surface area contributed by atoms with Gasteiger partial charge >= 0.3 is 5.97 Å². The quantitative estimate of drug-likeness (QED) is 0.358. The van der Waals surface area contributed by atoms with Crippen LogP contribution >= 0.6 is 0 Å². The maximum atomic E-state index is 13.1. The summed E-state index contributed by atoms with van der Waals surface area (Å²) in [7, 11) is 1.66. The molecular weight excluding hydrogens is 446 g/mol. The maximum Gasteiger partial charge on any atom is 0.336 e. The first-order valence-electron chi connectivity index (χ1n) is 12.4. The van der Waals surface area contributed by atoms with Crippen molar-refractivity contribution in [2.24, 2.45) is 4.99 Å². The van der Waals surface area contributed by atoms with Crippen LogP contribution in [0.3, 0.4) is 0 Å². The van der Waals surface area contributed by atoms with Crippen molar-refractivity contribution >= 4 is 22.5 Å². The van der Waals surface area contributed by atoms with Crippen LogP contribution in [-0.2, 0) is 16.0 Å². The van der Waals surface area contributed by atoms with E-state index in [1.807, 2.05) is 38.1 Å². The zero-order chi connectivity index (χ0) is 25.4. The lowest BCUT2D eigenvalue weighted by atomic mass is 9.79. The van der Waals surface area contributed by atoms with E-state index in [0.29, 0.717) is 17.9 Å². The lowest BCUT2D eigenvalue weighted by Crippen LogP contribution is -2.24. The molecule has 0 amide bonds. The highest BCUT2D eigenvalue weighted by molar-refractivity contribution is 6.17. The van der Waals surface area contributed by atoms with Crippen molar-refractivity contribution in [1.29, 1.82) is 0 Å². The van der Waals surface area contributed by atoms with Crippen molar-refractivity contribution in [2.45, 2.75) is 40.0 Å². The SMILES string of the molecule is CCOC(=O)C1=C(C)N=C2C=C(Cc3ccc4cc(C)ccc4c3)C(C)=C2C1c1ccc(OC)cc1. The van der Waals surface area contributed by atoms with Crippen LogP contribution in [0.15, 0.2) is 99.7 Å². The van der Waals surface area contributed by atoms with Gasteiger partial charge in [0, 0.05) is 11.6 Å². The number of aliphatic imine (C=N–C) groups is 1. The normalized spacial score (nSPS) is 17.2. The Kier molecular flexibility index (Phi) is 6.36. The summed E-state index contributed by atoms with van der Waals surface area (Å²) in [5.74, 6) is 0.234. The number of rotatable bonds is 6. The van der Waals surface area contributed by atoms with Gasteiger partial charge in [-0.25, -0.2) is 4.79 Å². The van der Waals surface area contributed by atoms with Crippen LogP contribution in [0.5, 0.6) is 5.75 Å². The first-order valence-corrected chi connectivity index (χ1v) is 12.4. The van der Waals surface area contributed by atoms with Gasteiger partial charge in [0.2, 0.25) is 0 Å². The molecule has 5 rings (SSSR count). The number of benzene rings is 3. The highest BCUT2D eigenvalue weighted by Crippen LogP contribution is 2.45. The summed E-state index contributed by atoms with van der Waals surface area (Å²) in [6.07, 6.45) is 2.99. The third-order valence-electron chi connectivity index (χ3n) is 7.13. The fraction of sp³-hybridized carbons (Fsp3) is 0.250. The Morgan fingerprint density at radius 1 is 0.944 bits per heavy atom. The summed E-state index contributed by atoms with van der Waals surface area (Å²) >= 11 is 0. The monoisotopic (exact) mass is 477 g/mol. The summed E-state index contributed by atoms with van der Waals surface area (Å²) in [4.78, 5) is 18.0. The van der Waals surface area contributed by atoms with Crippen molar-refractivity contribution in [2.75, 3.05) is 13.7 Å². The minimum absolute atomic E-state index is 0.240. The molecule has 2 aliphatic rings. The number of nitrogens with zero attached hydrogens (tertiary/aromatic N) is 1. The predicted octanol–water partition coefficient (Wildman–Crippen LogP) is 7.03. The van der Waals surface area contributed by atoms with Crippen LogP contribution in [0.2, 0.25) is 0 Å². The number of allylic oxidation sites excluding steroid dienone is 5. The third kappa shape index (κ3) is 4.28. The molecule has 36 heavy (non-hydrogen) atoms. The Morgan fingerprint density at radius 2 is 1.67 bits per heavy atom. The highest BCUT2D eigenvalue weighted by Gasteiger charge is 2.38. The molecule has 1 aliphatic heterocycles. The molecule has 0 radical (unpaired) electrons. The molecule has 1 unspecified atom stereocenters. The first-order chi connectivity index (χ1) is 17.4. The van der Waals surface area contributed by atoms with Crippen LogP contribution < -0.4 is 4.74 Å². The first kappa shape index (κ1) is 23.8. The second-order valence-electron chi connectivity index (χ2n) is 9.49. The number of hydrogen-bond acceptors (Lipinski definition) is 4. The second kappa shape index (κ2) is 9.62. The number of hydrogen-bond donors (Lipinski definition) is 0. The van der Waals surface area contributed by atoms with Crippen LogP contribution in [-0.4, -0.2) is 25.4 Å². The van der Waals surface area contributed by atoms with Crippen LogP contribution in [0.25, 0.3) is 10.8 Å². The van der Waals surface area contributed by atoms with E-state index in [4.69, 9.17) is 14.5 Å². The highest BCUT2D eigenvalue weighted by atomic mass is 16.5. The topological polar surface area (TPSA) is 47.9 Å². The lowest BCUT2D eigenvalue weighted by Gasteiger charge is -2.27. The molecule has 0 fully saturated rings.